The van der Waals surface area contributed by atoms with Gasteiger partial charge in [-0.15, -0.1) is 0 Å². The van der Waals surface area contributed by atoms with Crippen LogP contribution in [0, 0.1) is 0 Å². The van der Waals surface area contributed by atoms with Gasteiger partial charge in [-0.25, -0.2) is 0 Å². The van der Waals surface area contributed by atoms with Gasteiger partial charge >= 0.3 is 0 Å². The van der Waals surface area contributed by atoms with E-state index in [0.717, 1.165) is 25.9 Å². The van der Waals surface area contributed by atoms with Crippen molar-refractivity contribution in [3.05, 3.63) is 0 Å². The summed E-state index contributed by atoms with van der Waals surface area (Å²) in [5, 5.41) is 3.00. The molecule has 0 aromatic rings. The highest BCUT2D eigenvalue weighted by Crippen LogP contribution is 2.08. The smallest absolute Gasteiger partial charge is 0.220 e. The molecule has 1 heterocycles. The fourth-order valence-corrected chi connectivity index (χ4v) is 1.88. The Hall–Kier alpha value is -0.900. The molecule has 18 heavy (non-hydrogen) atoms. The van der Waals surface area contributed by atoms with Crippen LogP contribution in [0.3, 0.4) is 0 Å². The highest BCUT2D eigenvalue weighted by molar-refractivity contribution is 5.84. The highest BCUT2D eigenvalue weighted by Gasteiger charge is 2.18. The third kappa shape index (κ3) is 7.43. The molecule has 106 valence electrons. The summed E-state index contributed by atoms with van der Waals surface area (Å²) in [6.07, 6.45) is 3.30. The van der Waals surface area contributed by atoms with E-state index in [1.54, 1.807) is 0 Å². The number of carbonyl (C=O) groups is 2. The standard InChI is InChI=1S/C12H22N2O2.C2H6/c1-3-11(15)4-5-12(16)13-10-6-8-14(2)9-7-10;1-2/h10H,3-9H2,1-2H3,(H,13,16);1-2H3. The normalized spacial score (nSPS) is 16.7. The molecule has 1 amide bonds. The van der Waals surface area contributed by atoms with E-state index in [1.165, 1.54) is 0 Å². The monoisotopic (exact) mass is 256 g/mol. The van der Waals surface area contributed by atoms with Crippen LogP contribution >= 0.6 is 0 Å². The van der Waals surface area contributed by atoms with Crippen molar-refractivity contribution in [1.82, 2.24) is 10.2 Å². The Kier molecular flexibility index (Phi) is 9.56. The third-order valence-corrected chi connectivity index (χ3v) is 3.11. The lowest BCUT2D eigenvalue weighted by Gasteiger charge is -2.29. The summed E-state index contributed by atoms with van der Waals surface area (Å²) in [7, 11) is 2.10. The molecule has 0 radical (unpaired) electrons. The van der Waals surface area contributed by atoms with Gasteiger partial charge in [-0.3, -0.25) is 9.59 Å². The highest BCUT2D eigenvalue weighted by atomic mass is 16.2. The van der Waals surface area contributed by atoms with Crippen LogP contribution in [-0.4, -0.2) is 42.8 Å². The number of piperidine rings is 1. The number of likely N-dealkylation sites (tertiary alicyclic amines) is 1. The van der Waals surface area contributed by atoms with Crippen LogP contribution in [0.4, 0.5) is 0 Å². The zero-order chi connectivity index (χ0) is 14.0. The number of rotatable bonds is 5. The van der Waals surface area contributed by atoms with E-state index >= 15 is 0 Å². The Bertz CT molecular complexity index is 246. The second-order valence-corrected chi connectivity index (χ2v) is 4.54. The van der Waals surface area contributed by atoms with Gasteiger partial charge in [-0.05, 0) is 33.0 Å². The number of carbonyl (C=O) groups excluding carboxylic acids is 2. The number of amides is 1. The van der Waals surface area contributed by atoms with Gasteiger partial charge in [0.2, 0.25) is 5.91 Å². The molecule has 1 fully saturated rings. The number of Topliss-reactive ketones (excluding diaryl/α,β-unsaturated/α-hetero) is 1. The number of hydrogen-bond acceptors (Lipinski definition) is 3. The van der Waals surface area contributed by atoms with Gasteiger partial charge in [0.15, 0.2) is 0 Å². The molecule has 0 aliphatic carbocycles. The van der Waals surface area contributed by atoms with Crippen LogP contribution in [0.5, 0.6) is 0 Å². The molecule has 1 saturated heterocycles. The fraction of sp³-hybridized carbons (Fsp3) is 0.857. The summed E-state index contributed by atoms with van der Waals surface area (Å²) in [6, 6.07) is 0.306. The van der Waals surface area contributed by atoms with E-state index in [-0.39, 0.29) is 11.7 Å². The van der Waals surface area contributed by atoms with Crippen LogP contribution in [0.2, 0.25) is 0 Å². The van der Waals surface area contributed by atoms with E-state index in [9.17, 15) is 9.59 Å². The molecule has 1 aliphatic heterocycles. The quantitative estimate of drug-likeness (QED) is 0.818. The Morgan fingerprint density at radius 3 is 2.22 bits per heavy atom. The lowest BCUT2D eigenvalue weighted by molar-refractivity contribution is -0.126. The van der Waals surface area contributed by atoms with E-state index in [0.29, 0.717) is 25.3 Å². The second kappa shape index (κ2) is 10.1. The number of hydrogen-bond donors (Lipinski definition) is 1. The van der Waals surface area contributed by atoms with E-state index in [2.05, 4.69) is 17.3 Å². The maximum atomic E-state index is 11.5. The van der Waals surface area contributed by atoms with Crippen molar-refractivity contribution in [2.24, 2.45) is 0 Å². The van der Waals surface area contributed by atoms with Crippen molar-refractivity contribution in [1.29, 1.82) is 0 Å². The predicted octanol–water partition coefficient (Wildman–Crippen LogP) is 1.98. The molecule has 0 aromatic heterocycles. The van der Waals surface area contributed by atoms with E-state index in [1.807, 2.05) is 20.8 Å². The van der Waals surface area contributed by atoms with Crippen molar-refractivity contribution in [2.45, 2.75) is 58.9 Å². The summed E-state index contributed by atoms with van der Waals surface area (Å²) in [5.74, 6) is 0.190. The van der Waals surface area contributed by atoms with Crippen LogP contribution in [0.1, 0.15) is 52.9 Å². The molecule has 4 nitrogen and oxygen atoms in total. The van der Waals surface area contributed by atoms with Gasteiger partial charge in [-0.1, -0.05) is 20.8 Å². The van der Waals surface area contributed by atoms with Gasteiger partial charge in [0.25, 0.3) is 0 Å². The summed E-state index contributed by atoms with van der Waals surface area (Å²) < 4.78 is 0. The first-order valence-corrected chi connectivity index (χ1v) is 7.11. The Morgan fingerprint density at radius 2 is 1.72 bits per heavy atom. The first-order chi connectivity index (χ1) is 8.61. The predicted molar refractivity (Wildman–Crippen MR) is 74.5 cm³/mol. The van der Waals surface area contributed by atoms with Crippen molar-refractivity contribution in [2.75, 3.05) is 20.1 Å². The zero-order valence-corrected chi connectivity index (χ0v) is 12.3. The first-order valence-electron chi connectivity index (χ1n) is 7.11. The molecule has 0 bridgehead atoms. The van der Waals surface area contributed by atoms with Gasteiger partial charge in [-0.2, -0.15) is 0 Å². The minimum atomic E-state index is 0.0244. The summed E-state index contributed by atoms with van der Waals surface area (Å²) in [4.78, 5) is 24.9. The molecule has 0 unspecified atom stereocenters. The van der Waals surface area contributed by atoms with Gasteiger partial charge in [0.1, 0.15) is 5.78 Å². The third-order valence-electron chi connectivity index (χ3n) is 3.11. The molecule has 0 atom stereocenters. The largest absolute Gasteiger partial charge is 0.353 e. The maximum absolute atomic E-state index is 11.5. The van der Waals surface area contributed by atoms with Crippen molar-refractivity contribution < 1.29 is 9.59 Å². The lowest BCUT2D eigenvalue weighted by atomic mass is 10.1. The number of nitrogens with zero attached hydrogens (tertiary/aromatic N) is 1. The van der Waals surface area contributed by atoms with Crippen molar-refractivity contribution in [3.8, 4) is 0 Å². The fourth-order valence-electron chi connectivity index (χ4n) is 1.88. The van der Waals surface area contributed by atoms with E-state index in [4.69, 9.17) is 0 Å². The first kappa shape index (κ1) is 17.1. The Balaban J connectivity index is 0.00000137. The summed E-state index contributed by atoms with van der Waals surface area (Å²) in [5.41, 5.74) is 0. The van der Waals surface area contributed by atoms with Gasteiger partial charge in [0, 0.05) is 25.3 Å². The van der Waals surface area contributed by atoms with Crippen LogP contribution in [-0.2, 0) is 9.59 Å². The summed E-state index contributed by atoms with van der Waals surface area (Å²) in [6.45, 7) is 7.91. The van der Waals surface area contributed by atoms with Gasteiger partial charge in [0.05, 0.1) is 0 Å². The topological polar surface area (TPSA) is 49.4 Å². The minimum absolute atomic E-state index is 0.0244. The van der Waals surface area contributed by atoms with Crippen LogP contribution in [0.25, 0.3) is 0 Å². The minimum Gasteiger partial charge on any atom is -0.353 e. The Morgan fingerprint density at radius 1 is 1.17 bits per heavy atom. The Labute approximate surface area is 111 Å². The molecule has 0 spiro atoms. The van der Waals surface area contributed by atoms with Gasteiger partial charge < -0.3 is 10.2 Å². The van der Waals surface area contributed by atoms with E-state index < -0.39 is 0 Å². The molecule has 1 rings (SSSR count). The van der Waals surface area contributed by atoms with Crippen molar-refractivity contribution in [3.63, 3.8) is 0 Å². The molecule has 1 aliphatic rings. The van der Waals surface area contributed by atoms with Crippen LogP contribution < -0.4 is 5.32 Å². The summed E-state index contributed by atoms with van der Waals surface area (Å²) >= 11 is 0. The number of nitrogens with one attached hydrogen (secondary N) is 1. The number of ketones is 1. The molecule has 1 N–H and O–H groups in total. The molecule has 4 heteroatoms. The van der Waals surface area contributed by atoms with Crippen molar-refractivity contribution >= 4 is 11.7 Å². The molecular formula is C14H28N2O2. The lowest BCUT2D eigenvalue weighted by Crippen LogP contribution is -2.43. The average Bonchev–Trinajstić information content (AvgIpc) is 2.41. The molecule has 0 saturated carbocycles. The zero-order valence-electron chi connectivity index (χ0n) is 12.3. The average molecular weight is 256 g/mol. The van der Waals surface area contributed by atoms with Crippen LogP contribution in [0.15, 0.2) is 0 Å². The molecule has 0 aromatic carbocycles. The second-order valence-electron chi connectivity index (χ2n) is 4.54. The maximum Gasteiger partial charge on any atom is 0.220 e. The SMILES string of the molecule is CC.CCC(=O)CCC(=O)NC1CCN(C)CC1. The molecular weight excluding hydrogens is 228 g/mol.